The van der Waals surface area contributed by atoms with E-state index in [1.165, 1.54) is 6.42 Å². The first kappa shape index (κ1) is 50.1. The van der Waals surface area contributed by atoms with Crippen molar-refractivity contribution in [3.8, 4) is 0 Å². The number of allylic oxidation sites excluding steroid dienone is 18. The molecular formula is C48H74O6. The van der Waals surface area contributed by atoms with E-state index in [4.69, 9.17) is 14.2 Å². The third kappa shape index (κ3) is 39.3. The molecule has 0 aliphatic heterocycles. The van der Waals surface area contributed by atoms with Crippen molar-refractivity contribution < 1.29 is 28.6 Å². The summed E-state index contributed by atoms with van der Waals surface area (Å²) in [5.41, 5.74) is 0. The minimum atomic E-state index is -0.816. The van der Waals surface area contributed by atoms with Gasteiger partial charge in [0.05, 0.1) is 0 Å². The van der Waals surface area contributed by atoms with Crippen molar-refractivity contribution in [2.75, 3.05) is 13.2 Å². The minimum absolute atomic E-state index is 0.118. The molecule has 0 saturated heterocycles. The van der Waals surface area contributed by atoms with Crippen LogP contribution in [0.5, 0.6) is 0 Å². The van der Waals surface area contributed by atoms with E-state index in [0.29, 0.717) is 19.3 Å². The van der Waals surface area contributed by atoms with Crippen LogP contribution < -0.4 is 0 Å². The highest BCUT2D eigenvalue weighted by molar-refractivity contribution is 5.71. The first-order valence-electron chi connectivity index (χ1n) is 21.0. The lowest BCUT2D eigenvalue weighted by atomic mass is 10.1. The molecule has 1 atom stereocenters. The summed E-state index contributed by atoms with van der Waals surface area (Å²) in [6, 6.07) is 0. The van der Waals surface area contributed by atoms with Crippen LogP contribution in [0, 0.1) is 0 Å². The number of ether oxygens (including phenoxy) is 3. The highest BCUT2D eigenvalue weighted by atomic mass is 16.6. The average molecular weight is 747 g/mol. The molecule has 0 heterocycles. The molecule has 54 heavy (non-hydrogen) atoms. The quantitative estimate of drug-likeness (QED) is 0.0211. The summed E-state index contributed by atoms with van der Waals surface area (Å²) in [7, 11) is 0. The maximum absolute atomic E-state index is 12.6. The Labute approximate surface area is 330 Å². The number of carbonyl (C=O) groups is 3. The van der Waals surface area contributed by atoms with E-state index in [1.54, 1.807) is 0 Å². The van der Waals surface area contributed by atoms with Crippen LogP contribution in [0.15, 0.2) is 109 Å². The van der Waals surface area contributed by atoms with Crippen molar-refractivity contribution in [2.24, 2.45) is 0 Å². The Kier molecular flexibility index (Phi) is 38.8. The molecule has 0 fully saturated rings. The van der Waals surface area contributed by atoms with Crippen LogP contribution in [0.2, 0.25) is 0 Å². The van der Waals surface area contributed by atoms with Crippen LogP contribution in [0.25, 0.3) is 0 Å². The molecule has 302 valence electrons. The van der Waals surface area contributed by atoms with Crippen molar-refractivity contribution in [3.63, 3.8) is 0 Å². The second-order valence-electron chi connectivity index (χ2n) is 13.2. The minimum Gasteiger partial charge on any atom is -0.462 e. The van der Waals surface area contributed by atoms with Gasteiger partial charge in [0.25, 0.3) is 0 Å². The van der Waals surface area contributed by atoms with Gasteiger partial charge in [-0.3, -0.25) is 14.4 Å². The molecule has 0 aromatic heterocycles. The van der Waals surface area contributed by atoms with Gasteiger partial charge < -0.3 is 14.2 Å². The third-order valence-corrected chi connectivity index (χ3v) is 8.10. The SMILES string of the molecule is CC/C=C\C/C=C\CCCCC(=O)OCC(COC(=O)CCCCCCC\C=C/C=C\C=C/C=C\C=C/CCC)OC(=O)CCCC/C=C\C/C=C\CC. The Morgan fingerprint density at radius 1 is 0.407 bits per heavy atom. The van der Waals surface area contributed by atoms with Gasteiger partial charge in [-0.15, -0.1) is 0 Å². The second-order valence-corrected chi connectivity index (χ2v) is 13.2. The Bertz CT molecular complexity index is 1180. The predicted molar refractivity (Wildman–Crippen MR) is 228 cm³/mol. The average Bonchev–Trinajstić information content (AvgIpc) is 3.17. The van der Waals surface area contributed by atoms with Crippen molar-refractivity contribution in [2.45, 2.75) is 162 Å². The zero-order valence-corrected chi connectivity index (χ0v) is 34.2. The molecule has 1 unspecified atom stereocenters. The van der Waals surface area contributed by atoms with E-state index in [-0.39, 0.29) is 37.5 Å². The maximum atomic E-state index is 12.6. The number of unbranched alkanes of at least 4 members (excludes halogenated alkanes) is 10. The van der Waals surface area contributed by atoms with Gasteiger partial charge in [0.2, 0.25) is 0 Å². The molecule has 0 spiro atoms. The van der Waals surface area contributed by atoms with Gasteiger partial charge in [-0.05, 0) is 89.9 Å². The van der Waals surface area contributed by atoms with E-state index in [0.717, 1.165) is 103 Å². The highest BCUT2D eigenvalue weighted by Crippen LogP contribution is 2.11. The summed E-state index contributed by atoms with van der Waals surface area (Å²) in [5, 5.41) is 0. The first-order valence-corrected chi connectivity index (χ1v) is 21.0. The van der Waals surface area contributed by atoms with Crippen molar-refractivity contribution in [3.05, 3.63) is 109 Å². The van der Waals surface area contributed by atoms with Gasteiger partial charge in [0, 0.05) is 19.3 Å². The van der Waals surface area contributed by atoms with Gasteiger partial charge in [0.15, 0.2) is 6.10 Å². The highest BCUT2D eigenvalue weighted by Gasteiger charge is 2.19. The van der Waals surface area contributed by atoms with Gasteiger partial charge >= 0.3 is 17.9 Å². The summed E-state index contributed by atoms with van der Waals surface area (Å²) in [6.45, 7) is 6.17. The summed E-state index contributed by atoms with van der Waals surface area (Å²) >= 11 is 0. The monoisotopic (exact) mass is 747 g/mol. The second kappa shape index (κ2) is 41.8. The molecule has 0 amide bonds. The zero-order chi connectivity index (χ0) is 39.4. The molecule has 0 N–H and O–H groups in total. The molecule has 6 heteroatoms. The molecule has 0 radical (unpaired) electrons. The number of hydrogen-bond acceptors (Lipinski definition) is 6. The fraction of sp³-hybridized carbons (Fsp3) is 0.562. The fourth-order valence-electron chi connectivity index (χ4n) is 5.01. The van der Waals surface area contributed by atoms with Crippen LogP contribution in [0.4, 0.5) is 0 Å². The number of hydrogen-bond donors (Lipinski definition) is 0. The predicted octanol–water partition coefficient (Wildman–Crippen LogP) is 13.2. The lowest BCUT2D eigenvalue weighted by Crippen LogP contribution is -2.30. The lowest BCUT2D eigenvalue weighted by Gasteiger charge is -2.18. The Hall–Kier alpha value is -3.93. The van der Waals surface area contributed by atoms with E-state index in [9.17, 15) is 14.4 Å². The molecule has 0 aliphatic carbocycles. The fourth-order valence-corrected chi connectivity index (χ4v) is 5.01. The van der Waals surface area contributed by atoms with Crippen molar-refractivity contribution >= 4 is 17.9 Å². The van der Waals surface area contributed by atoms with Crippen molar-refractivity contribution in [1.29, 1.82) is 0 Å². The number of esters is 3. The molecule has 0 aromatic carbocycles. The van der Waals surface area contributed by atoms with Gasteiger partial charge in [-0.1, -0.05) is 156 Å². The standard InChI is InChI=1S/C48H74O6/c1-4-7-10-13-16-19-20-21-22-23-24-25-26-27-30-32-35-38-41-47(50)53-44-45(54-48(51)42-39-36-33-29-18-15-12-9-6-3)43-52-46(49)40-37-34-31-28-17-14-11-8-5-2/h8-13,16-25,28-29,45H,4-7,14-15,26-27,30-44H2,1-3H3/b11-8-,12-9-,13-10-,19-16-,21-20-,23-22-,25-24-,28-17-,29-18-. The molecule has 0 bridgehead atoms. The molecule has 6 nitrogen and oxygen atoms in total. The molecule has 0 aliphatic rings. The molecule has 0 saturated carbocycles. The van der Waals surface area contributed by atoms with Crippen LogP contribution in [0.3, 0.4) is 0 Å². The van der Waals surface area contributed by atoms with E-state index < -0.39 is 6.10 Å². The van der Waals surface area contributed by atoms with Gasteiger partial charge in [0.1, 0.15) is 13.2 Å². The normalized spacial score (nSPS) is 13.2. The summed E-state index contributed by atoms with van der Waals surface area (Å²) in [4.78, 5) is 37.5. The van der Waals surface area contributed by atoms with Crippen LogP contribution in [-0.2, 0) is 28.6 Å². The third-order valence-electron chi connectivity index (χ3n) is 8.10. The number of rotatable bonds is 35. The molecule has 0 rings (SSSR count). The first-order chi connectivity index (χ1) is 26.5. The smallest absolute Gasteiger partial charge is 0.306 e. The summed E-state index contributed by atoms with van der Waals surface area (Å²) in [5.74, 6) is -1.03. The Morgan fingerprint density at radius 2 is 0.796 bits per heavy atom. The largest absolute Gasteiger partial charge is 0.462 e. The van der Waals surface area contributed by atoms with E-state index in [2.05, 4.69) is 93.7 Å². The molecule has 0 aromatic rings. The molecular weight excluding hydrogens is 673 g/mol. The number of carbonyl (C=O) groups excluding carboxylic acids is 3. The summed E-state index contributed by atoms with van der Waals surface area (Å²) in [6.07, 6.45) is 55.2. The summed E-state index contributed by atoms with van der Waals surface area (Å²) < 4.78 is 16.5. The van der Waals surface area contributed by atoms with Crippen LogP contribution in [0.1, 0.15) is 156 Å². The Balaban J connectivity index is 4.45. The van der Waals surface area contributed by atoms with Crippen LogP contribution >= 0.6 is 0 Å². The lowest BCUT2D eigenvalue weighted by molar-refractivity contribution is -0.167. The van der Waals surface area contributed by atoms with E-state index >= 15 is 0 Å². The van der Waals surface area contributed by atoms with Gasteiger partial charge in [-0.2, -0.15) is 0 Å². The maximum Gasteiger partial charge on any atom is 0.306 e. The van der Waals surface area contributed by atoms with Crippen LogP contribution in [-0.4, -0.2) is 37.2 Å². The topological polar surface area (TPSA) is 78.9 Å². The van der Waals surface area contributed by atoms with E-state index in [1.807, 2.05) is 36.5 Å². The van der Waals surface area contributed by atoms with Gasteiger partial charge in [-0.25, -0.2) is 0 Å². The Morgan fingerprint density at radius 3 is 1.31 bits per heavy atom. The van der Waals surface area contributed by atoms with Crippen molar-refractivity contribution in [1.82, 2.24) is 0 Å². The zero-order valence-electron chi connectivity index (χ0n) is 34.2.